The number of cyclic esters (lactones) is 1. The number of methoxy groups -OCH3 is 1. The average molecular weight is 369 g/mol. The molecule has 0 aromatic carbocycles. The second kappa shape index (κ2) is 5.81. The van der Waals surface area contributed by atoms with Crippen molar-refractivity contribution in [3.8, 4) is 0 Å². The zero-order chi connectivity index (χ0) is 18.8. The lowest BCUT2D eigenvalue weighted by Gasteiger charge is -2.55. The summed E-state index contributed by atoms with van der Waals surface area (Å²) in [6, 6.07) is 1.57. The van der Waals surface area contributed by atoms with Crippen LogP contribution < -0.4 is 0 Å². The smallest absolute Gasteiger partial charge is 0.363 e. The Morgan fingerprint density at radius 2 is 1.85 bits per heavy atom. The number of esters is 2. The molecule has 27 heavy (non-hydrogen) atoms. The maximum absolute atomic E-state index is 12.4. The summed E-state index contributed by atoms with van der Waals surface area (Å²) in [5, 5.41) is 0. The van der Waals surface area contributed by atoms with Gasteiger partial charge in [-0.25, -0.2) is 14.6 Å². The number of furan rings is 1. The molecule has 4 saturated carbocycles. The topological polar surface area (TPSA) is 78.1 Å². The molecule has 0 unspecified atom stereocenters. The molecule has 2 heterocycles. The predicted molar refractivity (Wildman–Crippen MR) is 96.9 cm³/mol. The fourth-order valence-corrected chi connectivity index (χ4v) is 6.03. The molecule has 0 spiro atoms. The van der Waals surface area contributed by atoms with Crippen LogP contribution in [-0.2, 0) is 14.3 Å². The monoisotopic (exact) mass is 369 g/mol. The number of carbonyl (C=O) groups excluding carboxylic acids is 2. The van der Waals surface area contributed by atoms with E-state index in [1.807, 2.05) is 0 Å². The highest BCUT2D eigenvalue weighted by Gasteiger charge is 2.55. The number of aryl methyl sites for hydroxylation is 1. The molecule has 1 aromatic rings. The summed E-state index contributed by atoms with van der Waals surface area (Å²) in [5.74, 6) is 2.81. The Morgan fingerprint density at radius 3 is 2.44 bits per heavy atom. The molecule has 5 aliphatic rings. The molecule has 142 valence electrons. The first-order chi connectivity index (χ1) is 13.0. The van der Waals surface area contributed by atoms with Gasteiger partial charge in [-0.1, -0.05) is 0 Å². The molecule has 1 aliphatic heterocycles. The maximum Gasteiger partial charge on any atom is 0.363 e. The first-order valence-electron chi connectivity index (χ1n) is 9.67. The number of hydrogen-bond donors (Lipinski definition) is 0. The van der Waals surface area contributed by atoms with Gasteiger partial charge in [-0.15, -0.1) is 0 Å². The predicted octanol–water partition coefficient (Wildman–Crippen LogP) is 3.89. The summed E-state index contributed by atoms with van der Waals surface area (Å²) >= 11 is 0. The van der Waals surface area contributed by atoms with Crippen LogP contribution in [0.15, 0.2) is 21.2 Å². The number of carbonyl (C=O) groups is 2. The van der Waals surface area contributed by atoms with Crippen molar-refractivity contribution in [3.05, 3.63) is 28.8 Å². The van der Waals surface area contributed by atoms with Crippen LogP contribution in [0.3, 0.4) is 0 Å². The fourth-order valence-electron chi connectivity index (χ4n) is 6.03. The molecule has 6 nitrogen and oxygen atoms in total. The Labute approximate surface area is 157 Å². The van der Waals surface area contributed by atoms with Gasteiger partial charge in [0.1, 0.15) is 17.1 Å². The molecule has 0 atom stereocenters. The van der Waals surface area contributed by atoms with Crippen molar-refractivity contribution < 1.29 is 23.5 Å². The van der Waals surface area contributed by atoms with E-state index in [0.29, 0.717) is 23.0 Å². The Bertz CT molecular complexity index is 855. The zero-order valence-corrected chi connectivity index (χ0v) is 15.6. The van der Waals surface area contributed by atoms with Crippen molar-refractivity contribution >= 4 is 23.9 Å². The van der Waals surface area contributed by atoms with Crippen LogP contribution in [-0.4, -0.2) is 24.9 Å². The van der Waals surface area contributed by atoms with Crippen LogP contribution in [0.1, 0.15) is 60.4 Å². The molecular weight excluding hydrogens is 346 g/mol. The SMILES string of the molecule is COC(=O)c1cc(/C=C2\N=C(C34CC5CC(CC(C5)C3)C4)OC2=O)oc1C. The first kappa shape index (κ1) is 16.8. The summed E-state index contributed by atoms with van der Waals surface area (Å²) in [7, 11) is 1.32. The molecule has 6 heteroatoms. The highest BCUT2D eigenvalue weighted by molar-refractivity contribution is 6.09. The van der Waals surface area contributed by atoms with E-state index in [9.17, 15) is 9.59 Å². The van der Waals surface area contributed by atoms with Gasteiger partial charge in [-0.05, 0) is 69.3 Å². The molecule has 0 N–H and O–H groups in total. The van der Waals surface area contributed by atoms with E-state index in [1.54, 1.807) is 19.1 Å². The molecule has 4 aliphatic carbocycles. The third-order valence-electron chi connectivity index (χ3n) is 6.73. The van der Waals surface area contributed by atoms with E-state index in [0.717, 1.165) is 37.0 Å². The van der Waals surface area contributed by atoms with Crippen LogP contribution >= 0.6 is 0 Å². The van der Waals surface area contributed by atoms with Gasteiger partial charge in [-0.3, -0.25) is 0 Å². The van der Waals surface area contributed by atoms with Crippen LogP contribution in [0.2, 0.25) is 0 Å². The van der Waals surface area contributed by atoms with Crippen molar-refractivity contribution in [1.29, 1.82) is 0 Å². The number of aliphatic imine (C=N–C) groups is 1. The lowest BCUT2D eigenvalue weighted by molar-refractivity contribution is -0.131. The Kier molecular flexibility index (Phi) is 3.61. The van der Waals surface area contributed by atoms with E-state index in [2.05, 4.69) is 4.99 Å². The molecule has 4 fully saturated rings. The summed E-state index contributed by atoms with van der Waals surface area (Å²) in [5.41, 5.74) is 0.530. The zero-order valence-electron chi connectivity index (χ0n) is 15.6. The number of rotatable bonds is 3. The standard InChI is InChI=1S/C21H23NO5/c1-11-16(18(23)25-2)6-15(26-11)7-17-19(24)27-20(22-17)21-8-12-3-13(9-21)5-14(4-12)10-21/h6-7,12-14H,3-5,8-10H2,1-2H3/b17-7-. The minimum atomic E-state index is -0.465. The lowest BCUT2D eigenvalue weighted by Crippen LogP contribution is -2.50. The van der Waals surface area contributed by atoms with Gasteiger partial charge in [0.15, 0.2) is 5.70 Å². The van der Waals surface area contributed by atoms with Crippen LogP contribution in [0.4, 0.5) is 0 Å². The Morgan fingerprint density at radius 1 is 1.22 bits per heavy atom. The van der Waals surface area contributed by atoms with Gasteiger partial charge in [0.2, 0.25) is 5.90 Å². The second-order valence-corrected chi connectivity index (χ2v) is 8.64. The maximum atomic E-state index is 12.4. The molecule has 4 bridgehead atoms. The minimum Gasteiger partial charge on any atom is -0.465 e. The molecule has 0 saturated heterocycles. The van der Waals surface area contributed by atoms with Gasteiger partial charge in [-0.2, -0.15) is 0 Å². The lowest BCUT2D eigenvalue weighted by atomic mass is 9.49. The van der Waals surface area contributed by atoms with Crippen LogP contribution in [0.25, 0.3) is 6.08 Å². The summed E-state index contributed by atoms with van der Waals surface area (Å²) in [6.45, 7) is 1.69. The molecule has 6 rings (SSSR count). The molecule has 1 aromatic heterocycles. The normalized spacial score (nSPS) is 35.5. The van der Waals surface area contributed by atoms with E-state index >= 15 is 0 Å². The van der Waals surface area contributed by atoms with E-state index in [-0.39, 0.29) is 11.1 Å². The van der Waals surface area contributed by atoms with Gasteiger partial charge in [0.05, 0.1) is 7.11 Å². The first-order valence-corrected chi connectivity index (χ1v) is 9.67. The van der Waals surface area contributed by atoms with Crippen molar-refractivity contribution in [3.63, 3.8) is 0 Å². The molecule has 0 radical (unpaired) electrons. The summed E-state index contributed by atoms with van der Waals surface area (Å²) < 4.78 is 16.0. The van der Waals surface area contributed by atoms with Crippen LogP contribution in [0.5, 0.6) is 0 Å². The van der Waals surface area contributed by atoms with E-state index < -0.39 is 11.9 Å². The van der Waals surface area contributed by atoms with E-state index in [4.69, 9.17) is 13.9 Å². The van der Waals surface area contributed by atoms with Crippen molar-refractivity contribution in [1.82, 2.24) is 0 Å². The largest absolute Gasteiger partial charge is 0.465 e. The third kappa shape index (κ3) is 2.65. The number of ether oxygens (including phenoxy) is 2. The third-order valence-corrected chi connectivity index (χ3v) is 6.73. The van der Waals surface area contributed by atoms with Crippen LogP contribution in [0, 0.1) is 30.1 Å². The van der Waals surface area contributed by atoms with E-state index in [1.165, 1.54) is 26.4 Å². The molecular formula is C21H23NO5. The average Bonchev–Trinajstić information content (AvgIpc) is 3.17. The molecule has 0 amide bonds. The van der Waals surface area contributed by atoms with Gasteiger partial charge < -0.3 is 13.9 Å². The van der Waals surface area contributed by atoms with Crippen molar-refractivity contribution in [2.75, 3.05) is 7.11 Å². The van der Waals surface area contributed by atoms with Crippen molar-refractivity contribution in [2.24, 2.45) is 28.2 Å². The minimum absolute atomic E-state index is 0.0593. The second-order valence-electron chi connectivity index (χ2n) is 8.64. The highest BCUT2D eigenvalue weighted by Crippen LogP contribution is 2.61. The number of hydrogen-bond acceptors (Lipinski definition) is 6. The summed E-state index contributed by atoms with van der Waals surface area (Å²) in [4.78, 5) is 28.8. The summed E-state index contributed by atoms with van der Waals surface area (Å²) in [6.07, 6.45) is 8.79. The van der Waals surface area contributed by atoms with Crippen molar-refractivity contribution in [2.45, 2.75) is 45.4 Å². The Hall–Kier alpha value is -2.37. The number of nitrogens with zero attached hydrogens (tertiary/aromatic N) is 1. The quantitative estimate of drug-likeness (QED) is 0.597. The highest BCUT2D eigenvalue weighted by atomic mass is 16.6. The van der Waals surface area contributed by atoms with Gasteiger partial charge >= 0.3 is 11.9 Å². The fraction of sp³-hybridized carbons (Fsp3) is 0.571. The van der Waals surface area contributed by atoms with Gasteiger partial charge in [0, 0.05) is 11.5 Å². The Balaban J connectivity index is 1.45. The van der Waals surface area contributed by atoms with Gasteiger partial charge in [0.25, 0.3) is 0 Å².